The van der Waals surface area contributed by atoms with Crippen molar-refractivity contribution < 1.29 is 4.79 Å². The smallest absolute Gasteiger partial charge is 0.237 e. The zero-order chi connectivity index (χ0) is 15.3. The number of nitrogens with one attached hydrogen (secondary N) is 1. The molecule has 0 aromatic heterocycles. The molecule has 21 heavy (non-hydrogen) atoms. The quantitative estimate of drug-likeness (QED) is 0.538. The fourth-order valence-electron chi connectivity index (χ4n) is 2.27. The van der Waals surface area contributed by atoms with Gasteiger partial charge in [0, 0.05) is 16.0 Å². The zero-order valence-electron chi connectivity index (χ0n) is 12.4. The number of unbranched alkanes of at least 4 members (excludes halogenated alkanes) is 1. The van der Waals surface area contributed by atoms with Gasteiger partial charge in [0.15, 0.2) is 0 Å². The number of primary amides is 1. The van der Waals surface area contributed by atoms with Crippen molar-refractivity contribution in [2.75, 3.05) is 5.75 Å². The number of hydrogen-bond donors (Lipinski definition) is 2. The Morgan fingerprint density at radius 1 is 1.48 bits per heavy atom. The van der Waals surface area contributed by atoms with E-state index in [2.05, 4.69) is 11.4 Å². The standard InChI is InChI=1S/C16H23ClN2OS/c1-16(15(18)20,19-13-7-8-13)9-2-3-10-21-14-6-4-5-12(17)11-14/h4-6,11,13,19H,2-3,7-10H2,1H3,(H2,18,20). The van der Waals surface area contributed by atoms with Gasteiger partial charge in [-0.05, 0) is 56.6 Å². The van der Waals surface area contributed by atoms with E-state index in [1.165, 1.54) is 4.90 Å². The topological polar surface area (TPSA) is 55.1 Å². The lowest BCUT2D eigenvalue weighted by Crippen LogP contribution is -2.53. The number of amides is 1. The highest BCUT2D eigenvalue weighted by Gasteiger charge is 2.36. The minimum absolute atomic E-state index is 0.239. The van der Waals surface area contributed by atoms with Crippen LogP contribution in [0.5, 0.6) is 0 Å². The van der Waals surface area contributed by atoms with Crippen molar-refractivity contribution >= 4 is 29.3 Å². The molecule has 0 spiro atoms. The summed E-state index contributed by atoms with van der Waals surface area (Å²) < 4.78 is 0. The maximum Gasteiger partial charge on any atom is 0.237 e. The molecular formula is C16H23ClN2OS. The van der Waals surface area contributed by atoms with Crippen LogP contribution < -0.4 is 11.1 Å². The Kier molecular flexibility index (Phi) is 5.97. The summed E-state index contributed by atoms with van der Waals surface area (Å²) in [7, 11) is 0. The summed E-state index contributed by atoms with van der Waals surface area (Å²) in [6, 6.07) is 8.39. The van der Waals surface area contributed by atoms with Crippen molar-refractivity contribution in [1.82, 2.24) is 5.32 Å². The van der Waals surface area contributed by atoms with Crippen LogP contribution in [-0.4, -0.2) is 23.2 Å². The van der Waals surface area contributed by atoms with Crippen LogP contribution in [0.1, 0.15) is 39.0 Å². The molecule has 1 fully saturated rings. The second-order valence-corrected chi connectivity index (χ2v) is 7.48. The molecule has 0 aliphatic heterocycles. The van der Waals surface area contributed by atoms with Crippen molar-refractivity contribution in [3.8, 4) is 0 Å². The van der Waals surface area contributed by atoms with E-state index in [-0.39, 0.29) is 5.91 Å². The Balaban J connectivity index is 1.69. The van der Waals surface area contributed by atoms with E-state index in [1.807, 2.05) is 25.1 Å². The summed E-state index contributed by atoms with van der Waals surface area (Å²) in [6.07, 6.45) is 5.18. The highest BCUT2D eigenvalue weighted by atomic mass is 35.5. The van der Waals surface area contributed by atoms with E-state index in [1.54, 1.807) is 11.8 Å². The molecule has 1 aromatic rings. The molecule has 1 saturated carbocycles. The number of hydrogen-bond acceptors (Lipinski definition) is 3. The van der Waals surface area contributed by atoms with Crippen molar-refractivity contribution in [1.29, 1.82) is 0 Å². The Bertz CT molecular complexity index is 493. The van der Waals surface area contributed by atoms with E-state index in [9.17, 15) is 4.79 Å². The SMILES string of the molecule is CC(CCCCSc1cccc(Cl)c1)(NC1CC1)C(N)=O. The Hall–Kier alpha value is -0.710. The molecule has 3 nitrogen and oxygen atoms in total. The van der Waals surface area contributed by atoms with Crippen molar-refractivity contribution in [3.05, 3.63) is 29.3 Å². The van der Waals surface area contributed by atoms with Crippen LogP contribution in [-0.2, 0) is 4.79 Å². The molecular weight excluding hydrogens is 304 g/mol. The third-order valence-corrected chi connectivity index (χ3v) is 5.09. The lowest BCUT2D eigenvalue weighted by molar-refractivity contribution is -0.124. The van der Waals surface area contributed by atoms with Gasteiger partial charge in [-0.1, -0.05) is 24.1 Å². The van der Waals surface area contributed by atoms with Crippen LogP contribution in [0.4, 0.5) is 0 Å². The second-order valence-electron chi connectivity index (χ2n) is 5.88. The van der Waals surface area contributed by atoms with E-state index in [0.717, 1.165) is 42.9 Å². The van der Waals surface area contributed by atoms with Gasteiger partial charge in [0.2, 0.25) is 5.91 Å². The lowest BCUT2D eigenvalue weighted by Gasteiger charge is -2.27. The fraction of sp³-hybridized carbons (Fsp3) is 0.562. The monoisotopic (exact) mass is 326 g/mol. The third-order valence-electron chi connectivity index (χ3n) is 3.78. The fourth-order valence-corrected chi connectivity index (χ4v) is 3.50. The maximum atomic E-state index is 11.6. The Labute approximate surface area is 136 Å². The molecule has 116 valence electrons. The molecule has 1 amide bonds. The van der Waals surface area contributed by atoms with Gasteiger partial charge in [0.1, 0.15) is 0 Å². The molecule has 1 aliphatic rings. The minimum Gasteiger partial charge on any atom is -0.368 e. The van der Waals surface area contributed by atoms with E-state index in [4.69, 9.17) is 17.3 Å². The van der Waals surface area contributed by atoms with Crippen LogP contribution in [0.15, 0.2) is 29.2 Å². The van der Waals surface area contributed by atoms with Crippen LogP contribution >= 0.6 is 23.4 Å². The number of benzene rings is 1. The van der Waals surface area contributed by atoms with Gasteiger partial charge in [-0.25, -0.2) is 0 Å². The predicted octanol–water partition coefficient (Wildman–Crippen LogP) is 3.60. The predicted molar refractivity (Wildman–Crippen MR) is 89.8 cm³/mol. The summed E-state index contributed by atoms with van der Waals surface area (Å²) in [6.45, 7) is 1.93. The highest BCUT2D eigenvalue weighted by Crippen LogP contribution is 2.26. The first-order chi connectivity index (χ1) is 9.99. The number of nitrogens with two attached hydrogens (primary N) is 1. The molecule has 2 rings (SSSR count). The van der Waals surface area contributed by atoms with Crippen LogP contribution in [0.3, 0.4) is 0 Å². The normalized spacial score (nSPS) is 17.4. The second kappa shape index (κ2) is 7.52. The lowest BCUT2D eigenvalue weighted by atomic mass is 9.94. The first kappa shape index (κ1) is 16.7. The van der Waals surface area contributed by atoms with Crippen LogP contribution in [0.25, 0.3) is 0 Å². The summed E-state index contributed by atoms with van der Waals surface area (Å²) in [4.78, 5) is 12.8. The summed E-state index contributed by atoms with van der Waals surface area (Å²) in [5.41, 5.74) is 4.99. The molecule has 0 saturated heterocycles. The van der Waals surface area contributed by atoms with E-state index >= 15 is 0 Å². The van der Waals surface area contributed by atoms with Crippen molar-refractivity contribution in [2.24, 2.45) is 5.73 Å². The molecule has 1 atom stereocenters. The van der Waals surface area contributed by atoms with Gasteiger partial charge in [-0.2, -0.15) is 0 Å². The number of halogens is 1. The van der Waals surface area contributed by atoms with Crippen molar-refractivity contribution in [3.63, 3.8) is 0 Å². The maximum absolute atomic E-state index is 11.6. The molecule has 1 aliphatic carbocycles. The Morgan fingerprint density at radius 3 is 2.86 bits per heavy atom. The van der Waals surface area contributed by atoms with Gasteiger partial charge in [0.25, 0.3) is 0 Å². The van der Waals surface area contributed by atoms with E-state index in [0.29, 0.717) is 6.04 Å². The molecule has 5 heteroatoms. The van der Waals surface area contributed by atoms with E-state index < -0.39 is 5.54 Å². The zero-order valence-corrected chi connectivity index (χ0v) is 14.0. The molecule has 0 heterocycles. The Morgan fingerprint density at radius 2 is 2.24 bits per heavy atom. The molecule has 3 N–H and O–H groups in total. The average Bonchev–Trinajstić information content (AvgIpc) is 3.22. The summed E-state index contributed by atoms with van der Waals surface area (Å²) >= 11 is 7.76. The molecule has 1 aromatic carbocycles. The number of rotatable bonds is 9. The first-order valence-corrected chi connectivity index (χ1v) is 8.82. The van der Waals surface area contributed by atoms with Crippen molar-refractivity contribution in [2.45, 2.75) is 55.5 Å². The average molecular weight is 327 g/mol. The minimum atomic E-state index is -0.554. The van der Waals surface area contributed by atoms with Crippen LogP contribution in [0.2, 0.25) is 5.02 Å². The largest absolute Gasteiger partial charge is 0.368 e. The molecule has 0 bridgehead atoms. The van der Waals surface area contributed by atoms with Crippen LogP contribution in [0, 0.1) is 0 Å². The third kappa shape index (κ3) is 5.53. The number of carbonyl (C=O) groups excluding carboxylic acids is 1. The first-order valence-electron chi connectivity index (χ1n) is 7.45. The highest BCUT2D eigenvalue weighted by molar-refractivity contribution is 7.99. The summed E-state index contributed by atoms with van der Waals surface area (Å²) in [5, 5.41) is 4.16. The molecule has 1 unspecified atom stereocenters. The molecule has 0 radical (unpaired) electrons. The number of carbonyl (C=O) groups is 1. The number of thioether (sulfide) groups is 1. The van der Waals surface area contributed by atoms with Gasteiger partial charge >= 0.3 is 0 Å². The van der Waals surface area contributed by atoms with Gasteiger partial charge < -0.3 is 11.1 Å². The summed E-state index contributed by atoms with van der Waals surface area (Å²) in [5.74, 6) is 0.787. The van der Waals surface area contributed by atoms with Gasteiger partial charge in [-0.15, -0.1) is 11.8 Å². The van der Waals surface area contributed by atoms with Gasteiger partial charge in [0.05, 0.1) is 5.54 Å². The van der Waals surface area contributed by atoms with Gasteiger partial charge in [-0.3, -0.25) is 4.79 Å².